The minimum Gasteiger partial charge on any atom is -0.302 e. The second kappa shape index (κ2) is 10.4. The average Bonchev–Trinajstić information content (AvgIpc) is 3.02. The Hall–Kier alpha value is -2.21. The van der Waals surface area contributed by atoms with Crippen molar-refractivity contribution in [2.45, 2.75) is 50.2 Å². The van der Waals surface area contributed by atoms with Crippen LogP contribution in [0.25, 0.3) is 0 Å². The predicted octanol–water partition coefficient (Wildman–Crippen LogP) is 7.07. The average molecular weight is 454 g/mol. The zero-order chi connectivity index (χ0) is 22.6. The van der Waals surface area contributed by atoms with Gasteiger partial charge in [-0.15, -0.1) is 0 Å². The SMILES string of the molecule is CN(C)[C@@H](c1ccccc1)[C@H]1C2=C(CCCCC2)C[C@H]1P(c1ccccc1)c1ccccc1. The molecule has 0 saturated carbocycles. The van der Waals surface area contributed by atoms with Gasteiger partial charge in [-0.1, -0.05) is 109 Å². The van der Waals surface area contributed by atoms with Crippen LogP contribution in [0.3, 0.4) is 0 Å². The first-order chi connectivity index (χ1) is 16.2. The molecule has 0 spiro atoms. The summed E-state index contributed by atoms with van der Waals surface area (Å²) in [6, 6.07) is 34.5. The van der Waals surface area contributed by atoms with E-state index in [1.54, 1.807) is 11.1 Å². The van der Waals surface area contributed by atoms with Gasteiger partial charge in [-0.05, 0) is 76.0 Å². The smallest absolute Gasteiger partial charge is 0.0413 e. The van der Waals surface area contributed by atoms with E-state index in [1.807, 2.05) is 0 Å². The lowest BCUT2D eigenvalue weighted by Crippen LogP contribution is -2.36. The summed E-state index contributed by atoms with van der Waals surface area (Å²) in [5.74, 6) is 0.571. The summed E-state index contributed by atoms with van der Waals surface area (Å²) in [5.41, 5.74) is 5.70. The second-order valence-corrected chi connectivity index (χ2v) is 12.3. The molecule has 0 amide bonds. The van der Waals surface area contributed by atoms with Gasteiger partial charge in [0.2, 0.25) is 0 Å². The summed E-state index contributed by atoms with van der Waals surface area (Å²) in [6.07, 6.45) is 7.97. The molecule has 0 aromatic heterocycles. The molecule has 0 unspecified atom stereocenters. The molecular formula is C31H36NP. The van der Waals surface area contributed by atoms with Crippen LogP contribution in [-0.4, -0.2) is 24.7 Å². The first kappa shape index (κ1) is 22.6. The van der Waals surface area contributed by atoms with Crippen molar-refractivity contribution in [1.82, 2.24) is 4.90 Å². The Kier molecular flexibility index (Phi) is 7.10. The van der Waals surface area contributed by atoms with E-state index in [9.17, 15) is 0 Å². The summed E-state index contributed by atoms with van der Waals surface area (Å²) in [6.45, 7) is 0. The molecular weight excluding hydrogens is 417 g/mol. The highest BCUT2D eigenvalue weighted by atomic mass is 31.1. The largest absolute Gasteiger partial charge is 0.302 e. The van der Waals surface area contributed by atoms with Crippen LogP contribution in [0.2, 0.25) is 0 Å². The molecule has 0 heterocycles. The fourth-order valence-electron chi connectivity index (χ4n) is 6.25. The van der Waals surface area contributed by atoms with E-state index in [2.05, 4.69) is 110 Å². The molecule has 0 fully saturated rings. The van der Waals surface area contributed by atoms with Crippen LogP contribution < -0.4 is 10.6 Å². The van der Waals surface area contributed by atoms with Crippen LogP contribution in [0, 0.1) is 5.92 Å². The van der Waals surface area contributed by atoms with Gasteiger partial charge in [0.25, 0.3) is 0 Å². The quantitative estimate of drug-likeness (QED) is 0.285. The van der Waals surface area contributed by atoms with Crippen molar-refractivity contribution in [3.63, 3.8) is 0 Å². The molecule has 0 radical (unpaired) electrons. The molecule has 0 bridgehead atoms. The van der Waals surface area contributed by atoms with Crippen LogP contribution in [0.1, 0.15) is 50.1 Å². The number of benzene rings is 3. The second-order valence-electron chi connectivity index (χ2n) is 9.85. The van der Waals surface area contributed by atoms with Crippen molar-refractivity contribution in [3.05, 3.63) is 108 Å². The molecule has 0 N–H and O–H groups in total. The van der Waals surface area contributed by atoms with E-state index in [0.717, 1.165) is 0 Å². The van der Waals surface area contributed by atoms with Gasteiger partial charge in [-0.3, -0.25) is 0 Å². The van der Waals surface area contributed by atoms with Crippen molar-refractivity contribution in [2.24, 2.45) is 5.92 Å². The molecule has 2 aliphatic carbocycles. The monoisotopic (exact) mass is 453 g/mol. The Labute approximate surface area is 201 Å². The van der Waals surface area contributed by atoms with Crippen LogP contribution >= 0.6 is 7.92 Å². The maximum Gasteiger partial charge on any atom is 0.0413 e. The number of hydrogen-bond donors (Lipinski definition) is 0. The van der Waals surface area contributed by atoms with Crippen molar-refractivity contribution < 1.29 is 0 Å². The maximum atomic E-state index is 2.50. The summed E-state index contributed by atoms with van der Waals surface area (Å²) >= 11 is 0. The van der Waals surface area contributed by atoms with E-state index >= 15 is 0 Å². The highest BCUT2D eigenvalue weighted by Crippen LogP contribution is 2.58. The number of nitrogens with zero attached hydrogens (tertiary/aromatic N) is 1. The molecule has 0 saturated heterocycles. The van der Waals surface area contributed by atoms with Crippen LogP contribution in [0.5, 0.6) is 0 Å². The third-order valence-electron chi connectivity index (χ3n) is 7.59. The summed E-state index contributed by atoms with van der Waals surface area (Å²) in [7, 11) is 4.13. The number of hydrogen-bond acceptors (Lipinski definition) is 1. The lowest BCUT2D eigenvalue weighted by molar-refractivity contribution is 0.232. The molecule has 33 heavy (non-hydrogen) atoms. The van der Waals surface area contributed by atoms with E-state index in [-0.39, 0.29) is 0 Å². The van der Waals surface area contributed by atoms with Crippen molar-refractivity contribution in [3.8, 4) is 0 Å². The first-order valence-electron chi connectivity index (χ1n) is 12.6. The van der Waals surface area contributed by atoms with Gasteiger partial charge in [0.05, 0.1) is 0 Å². The third kappa shape index (κ3) is 4.72. The molecule has 0 aliphatic heterocycles. The molecule has 1 nitrogen and oxygen atoms in total. The topological polar surface area (TPSA) is 3.24 Å². The Balaban J connectivity index is 1.65. The normalized spacial score (nSPS) is 21.8. The van der Waals surface area contributed by atoms with Crippen LogP contribution in [0.4, 0.5) is 0 Å². The summed E-state index contributed by atoms with van der Waals surface area (Å²) in [5, 5.41) is 3.05. The van der Waals surface area contributed by atoms with Crippen molar-refractivity contribution in [1.29, 1.82) is 0 Å². The highest BCUT2D eigenvalue weighted by Gasteiger charge is 2.45. The minimum absolute atomic E-state index is 0.416. The van der Waals surface area contributed by atoms with Gasteiger partial charge in [-0.25, -0.2) is 0 Å². The molecule has 170 valence electrons. The molecule has 2 heteroatoms. The van der Waals surface area contributed by atoms with Gasteiger partial charge in [0.15, 0.2) is 0 Å². The predicted molar refractivity (Wildman–Crippen MR) is 144 cm³/mol. The van der Waals surface area contributed by atoms with E-state index < -0.39 is 7.92 Å². The van der Waals surface area contributed by atoms with Gasteiger partial charge < -0.3 is 4.90 Å². The molecule has 2 aliphatic rings. The Morgan fingerprint density at radius 3 is 1.82 bits per heavy atom. The van der Waals surface area contributed by atoms with E-state index in [0.29, 0.717) is 17.6 Å². The molecule has 3 aromatic carbocycles. The summed E-state index contributed by atoms with van der Waals surface area (Å²) < 4.78 is 0. The Bertz CT molecular complexity index is 1020. The standard InChI is InChI=1S/C31H36NP/c1-32(2)31(24-15-7-3-8-16-24)30-28-22-14-4-9-17-25(28)23-29(30)33(26-18-10-5-11-19-26)27-20-12-6-13-21-27/h3,5-8,10-13,15-16,18-21,29-31H,4,9,14,17,22-23H2,1-2H3/t29-,30+,31+/m1/s1. The van der Waals surface area contributed by atoms with Crippen LogP contribution in [0.15, 0.2) is 102 Å². The van der Waals surface area contributed by atoms with Gasteiger partial charge in [-0.2, -0.15) is 0 Å². The van der Waals surface area contributed by atoms with Crippen LogP contribution in [-0.2, 0) is 0 Å². The summed E-state index contributed by atoms with van der Waals surface area (Å²) in [4.78, 5) is 2.50. The zero-order valence-corrected chi connectivity index (χ0v) is 20.9. The fraction of sp³-hybridized carbons (Fsp3) is 0.355. The van der Waals surface area contributed by atoms with Gasteiger partial charge in [0.1, 0.15) is 0 Å². The number of rotatable bonds is 6. The molecule has 3 atom stereocenters. The third-order valence-corrected chi connectivity index (χ3v) is 10.5. The van der Waals surface area contributed by atoms with Gasteiger partial charge >= 0.3 is 0 Å². The highest BCUT2D eigenvalue weighted by molar-refractivity contribution is 7.73. The first-order valence-corrected chi connectivity index (χ1v) is 14.0. The lowest BCUT2D eigenvalue weighted by Gasteiger charge is -2.40. The number of allylic oxidation sites excluding steroid dienone is 1. The zero-order valence-electron chi connectivity index (χ0n) is 20.0. The maximum absolute atomic E-state index is 2.50. The Morgan fingerprint density at radius 2 is 1.24 bits per heavy atom. The van der Waals surface area contributed by atoms with Gasteiger partial charge in [0, 0.05) is 12.0 Å². The molecule has 5 rings (SSSR count). The van der Waals surface area contributed by atoms with E-state index in [4.69, 9.17) is 0 Å². The van der Waals surface area contributed by atoms with E-state index in [1.165, 1.54) is 54.7 Å². The fourth-order valence-corrected chi connectivity index (χ4v) is 9.37. The molecule has 3 aromatic rings. The van der Waals surface area contributed by atoms with Crippen molar-refractivity contribution in [2.75, 3.05) is 14.1 Å². The minimum atomic E-state index is -0.453. The van der Waals surface area contributed by atoms with Crippen molar-refractivity contribution >= 4 is 18.5 Å². The lowest BCUT2D eigenvalue weighted by atomic mass is 9.84. The Morgan fingerprint density at radius 1 is 0.697 bits per heavy atom.